The topological polar surface area (TPSA) is 114 Å². The van der Waals surface area contributed by atoms with E-state index in [0.717, 1.165) is 15.6 Å². The Kier molecular flexibility index (Phi) is 9.05. The SMILES string of the molecule is CCOC(=O)c1cc(CC)sc1NC(=O)CNc1ccc(OCC)c(S(=O)(=O)N(C)C)c1. The molecule has 0 aliphatic rings. The van der Waals surface area contributed by atoms with Gasteiger partial charge in [-0.05, 0) is 44.5 Å². The average molecular weight is 484 g/mol. The smallest absolute Gasteiger partial charge is 0.341 e. The van der Waals surface area contributed by atoms with Crippen molar-refractivity contribution >= 4 is 43.9 Å². The molecule has 176 valence electrons. The number of thiophene rings is 1. The van der Waals surface area contributed by atoms with Crippen molar-refractivity contribution in [1.29, 1.82) is 0 Å². The van der Waals surface area contributed by atoms with Gasteiger partial charge in [0.1, 0.15) is 15.6 Å². The van der Waals surface area contributed by atoms with Gasteiger partial charge in [0, 0.05) is 24.7 Å². The molecule has 1 amide bonds. The van der Waals surface area contributed by atoms with Crippen molar-refractivity contribution in [3.05, 3.63) is 34.7 Å². The van der Waals surface area contributed by atoms with Crippen LogP contribution in [0.15, 0.2) is 29.2 Å². The van der Waals surface area contributed by atoms with Gasteiger partial charge in [0.05, 0.1) is 25.3 Å². The summed E-state index contributed by atoms with van der Waals surface area (Å²) in [6, 6.07) is 6.33. The van der Waals surface area contributed by atoms with E-state index in [-0.39, 0.29) is 29.7 Å². The van der Waals surface area contributed by atoms with Gasteiger partial charge in [0.2, 0.25) is 15.9 Å². The molecule has 2 N–H and O–H groups in total. The van der Waals surface area contributed by atoms with Gasteiger partial charge in [-0.1, -0.05) is 6.92 Å². The first kappa shape index (κ1) is 25.6. The predicted molar refractivity (Wildman–Crippen MR) is 125 cm³/mol. The zero-order chi connectivity index (χ0) is 23.9. The molecule has 0 aliphatic heterocycles. The minimum Gasteiger partial charge on any atom is -0.492 e. The number of sulfonamides is 1. The Bertz CT molecular complexity index is 1060. The van der Waals surface area contributed by atoms with Gasteiger partial charge in [0.15, 0.2) is 0 Å². The Morgan fingerprint density at radius 3 is 2.41 bits per heavy atom. The second-order valence-corrected chi connectivity index (χ2v) is 10.1. The summed E-state index contributed by atoms with van der Waals surface area (Å²) in [6.07, 6.45) is 0.723. The van der Waals surface area contributed by atoms with E-state index < -0.39 is 16.0 Å². The van der Waals surface area contributed by atoms with E-state index in [0.29, 0.717) is 22.9 Å². The maximum Gasteiger partial charge on any atom is 0.341 e. The number of ether oxygens (including phenoxy) is 2. The number of nitrogens with one attached hydrogen (secondary N) is 2. The number of amides is 1. The number of carbonyl (C=O) groups excluding carboxylic acids is 2. The lowest BCUT2D eigenvalue weighted by molar-refractivity contribution is -0.114. The van der Waals surface area contributed by atoms with Gasteiger partial charge in [-0.25, -0.2) is 17.5 Å². The lowest BCUT2D eigenvalue weighted by atomic mass is 10.2. The number of hydrogen-bond donors (Lipinski definition) is 2. The molecular weight excluding hydrogens is 454 g/mol. The van der Waals surface area contributed by atoms with Gasteiger partial charge in [-0.3, -0.25) is 4.79 Å². The van der Waals surface area contributed by atoms with E-state index >= 15 is 0 Å². The van der Waals surface area contributed by atoms with E-state index in [1.54, 1.807) is 32.0 Å². The summed E-state index contributed by atoms with van der Waals surface area (Å²) in [4.78, 5) is 25.6. The van der Waals surface area contributed by atoms with Crippen molar-refractivity contribution in [2.75, 3.05) is 44.5 Å². The van der Waals surface area contributed by atoms with E-state index in [2.05, 4.69) is 10.6 Å². The molecule has 0 bridgehead atoms. The Morgan fingerprint density at radius 2 is 1.81 bits per heavy atom. The monoisotopic (exact) mass is 483 g/mol. The Hall–Kier alpha value is -2.63. The van der Waals surface area contributed by atoms with Crippen LogP contribution in [-0.2, 0) is 26.0 Å². The van der Waals surface area contributed by atoms with E-state index in [4.69, 9.17) is 9.47 Å². The van der Waals surface area contributed by atoms with Gasteiger partial charge < -0.3 is 20.1 Å². The first-order valence-corrected chi connectivity index (χ1v) is 12.4. The van der Waals surface area contributed by atoms with E-state index in [9.17, 15) is 18.0 Å². The first-order chi connectivity index (χ1) is 15.1. The molecule has 1 aromatic heterocycles. The fraction of sp³-hybridized carbons (Fsp3) is 0.429. The minimum atomic E-state index is -3.74. The number of aryl methyl sites for hydroxylation is 1. The number of nitrogens with zero attached hydrogens (tertiary/aromatic N) is 1. The zero-order valence-corrected chi connectivity index (χ0v) is 20.5. The van der Waals surface area contributed by atoms with Crippen LogP contribution in [0.3, 0.4) is 0 Å². The van der Waals surface area contributed by atoms with Crippen LogP contribution in [0.5, 0.6) is 5.75 Å². The number of anilines is 2. The van der Waals surface area contributed by atoms with Crippen molar-refractivity contribution in [3.63, 3.8) is 0 Å². The third-order valence-corrected chi connectivity index (χ3v) is 7.37. The molecule has 11 heteroatoms. The summed E-state index contributed by atoms with van der Waals surface area (Å²) in [7, 11) is -0.870. The number of rotatable bonds is 11. The predicted octanol–water partition coefficient (Wildman–Crippen LogP) is 3.19. The Morgan fingerprint density at radius 1 is 1.09 bits per heavy atom. The molecule has 0 fully saturated rings. The number of carbonyl (C=O) groups is 2. The molecule has 2 rings (SSSR count). The number of esters is 1. The van der Waals surface area contributed by atoms with Crippen molar-refractivity contribution in [1.82, 2.24) is 4.31 Å². The zero-order valence-electron chi connectivity index (χ0n) is 18.9. The number of benzene rings is 1. The molecular formula is C21H29N3O6S2. The van der Waals surface area contributed by atoms with E-state index in [1.165, 1.54) is 31.5 Å². The first-order valence-electron chi connectivity index (χ1n) is 10.2. The molecule has 0 atom stereocenters. The van der Waals surface area contributed by atoms with Gasteiger partial charge in [-0.2, -0.15) is 0 Å². The van der Waals surface area contributed by atoms with Crippen LogP contribution in [0.4, 0.5) is 10.7 Å². The summed E-state index contributed by atoms with van der Waals surface area (Å²) < 4.78 is 36.9. The summed E-state index contributed by atoms with van der Waals surface area (Å²) in [5.74, 6) is -0.635. The second-order valence-electron chi connectivity index (χ2n) is 6.81. The molecule has 0 spiro atoms. The van der Waals surface area contributed by atoms with Gasteiger partial charge >= 0.3 is 5.97 Å². The molecule has 0 unspecified atom stereocenters. The summed E-state index contributed by atoms with van der Waals surface area (Å²) >= 11 is 1.32. The second kappa shape index (κ2) is 11.3. The van der Waals surface area contributed by atoms with Crippen LogP contribution >= 0.6 is 11.3 Å². The maximum absolute atomic E-state index is 12.6. The highest BCUT2D eigenvalue weighted by Gasteiger charge is 2.23. The summed E-state index contributed by atoms with van der Waals surface area (Å²) in [5.41, 5.74) is 0.762. The standard InChI is InChI=1S/C21H29N3O6S2/c1-6-15-12-16(21(26)30-8-3)20(31-15)23-19(25)13-22-14-9-10-17(29-7-2)18(11-14)32(27,28)24(4)5/h9-12,22H,6-8,13H2,1-5H3,(H,23,25). The lowest BCUT2D eigenvalue weighted by Gasteiger charge is -2.17. The summed E-state index contributed by atoms with van der Waals surface area (Å²) in [6.45, 7) is 5.86. The van der Waals surface area contributed by atoms with Crippen molar-refractivity contribution < 1.29 is 27.5 Å². The Labute approximate surface area is 192 Å². The highest BCUT2D eigenvalue weighted by Crippen LogP contribution is 2.30. The van der Waals surface area contributed by atoms with Gasteiger partial charge in [0.25, 0.3) is 0 Å². The highest BCUT2D eigenvalue weighted by molar-refractivity contribution is 7.89. The fourth-order valence-corrected chi connectivity index (χ4v) is 4.76. The van der Waals surface area contributed by atoms with Crippen LogP contribution in [0.1, 0.15) is 36.0 Å². The van der Waals surface area contributed by atoms with Crippen LogP contribution in [-0.4, -0.2) is 58.5 Å². The Balaban J connectivity index is 2.17. The van der Waals surface area contributed by atoms with Gasteiger partial charge in [-0.15, -0.1) is 11.3 Å². The normalized spacial score (nSPS) is 11.3. The van der Waals surface area contributed by atoms with Crippen molar-refractivity contribution in [2.45, 2.75) is 32.1 Å². The lowest BCUT2D eigenvalue weighted by Crippen LogP contribution is -2.24. The molecule has 1 aromatic carbocycles. The highest BCUT2D eigenvalue weighted by atomic mass is 32.2. The molecule has 2 aromatic rings. The fourth-order valence-electron chi connectivity index (χ4n) is 2.71. The molecule has 0 saturated carbocycles. The van der Waals surface area contributed by atoms with E-state index in [1.807, 2.05) is 6.92 Å². The van der Waals surface area contributed by atoms with Crippen LogP contribution in [0.25, 0.3) is 0 Å². The molecule has 1 heterocycles. The maximum atomic E-state index is 12.6. The molecule has 0 saturated heterocycles. The quantitative estimate of drug-likeness (QED) is 0.472. The van der Waals surface area contributed by atoms with Crippen LogP contribution in [0, 0.1) is 0 Å². The van der Waals surface area contributed by atoms with Crippen molar-refractivity contribution in [2.24, 2.45) is 0 Å². The third-order valence-electron chi connectivity index (χ3n) is 4.34. The van der Waals surface area contributed by atoms with Crippen LogP contribution < -0.4 is 15.4 Å². The summed E-state index contributed by atoms with van der Waals surface area (Å²) in [5, 5.41) is 6.08. The van der Waals surface area contributed by atoms with Crippen molar-refractivity contribution in [3.8, 4) is 5.75 Å². The number of hydrogen-bond acceptors (Lipinski definition) is 8. The van der Waals surface area contributed by atoms with Crippen LogP contribution in [0.2, 0.25) is 0 Å². The third kappa shape index (κ3) is 6.21. The average Bonchev–Trinajstić information content (AvgIpc) is 3.16. The molecule has 0 radical (unpaired) electrons. The minimum absolute atomic E-state index is 0.00481. The molecule has 32 heavy (non-hydrogen) atoms. The molecule has 9 nitrogen and oxygen atoms in total. The molecule has 0 aliphatic carbocycles. The largest absolute Gasteiger partial charge is 0.492 e.